The van der Waals surface area contributed by atoms with E-state index in [-0.39, 0.29) is 6.61 Å². The number of aryl methyl sites for hydroxylation is 1. The molecule has 1 atom stereocenters. The first-order valence-corrected chi connectivity index (χ1v) is 5.56. The van der Waals surface area contributed by atoms with Crippen LogP contribution in [0.3, 0.4) is 0 Å². The Morgan fingerprint density at radius 1 is 1.47 bits per heavy atom. The van der Waals surface area contributed by atoms with Crippen LogP contribution in [-0.4, -0.2) is 22.2 Å². The van der Waals surface area contributed by atoms with Gasteiger partial charge in [-0.05, 0) is 25.5 Å². The van der Waals surface area contributed by atoms with E-state index in [1.54, 1.807) is 13.1 Å². The second kappa shape index (κ2) is 4.59. The van der Waals surface area contributed by atoms with Crippen molar-refractivity contribution in [2.45, 2.75) is 20.1 Å². The molecule has 0 saturated carbocycles. The molecule has 0 amide bonds. The van der Waals surface area contributed by atoms with Gasteiger partial charge in [0.05, 0.1) is 12.1 Å². The fourth-order valence-corrected chi connectivity index (χ4v) is 1.91. The zero-order chi connectivity index (χ0) is 12.4. The molecule has 0 aliphatic rings. The van der Waals surface area contributed by atoms with Crippen LogP contribution in [0.4, 0.5) is 0 Å². The number of carbonyl (C=O) groups excluding carboxylic acids is 1. The van der Waals surface area contributed by atoms with E-state index in [0.717, 1.165) is 16.5 Å². The Kier molecular flexibility index (Phi) is 3.15. The lowest BCUT2D eigenvalue weighted by molar-refractivity contribution is -0.157. The number of ether oxygens (including phenoxy) is 1. The van der Waals surface area contributed by atoms with Gasteiger partial charge in [-0.2, -0.15) is 0 Å². The first-order chi connectivity index (χ1) is 8.15. The van der Waals surface area contributed by atoms with Gasteiger partial charge in [0.15, 0.2) is 0 Å². The van der Waals surface area contributed by atoms with Gasteiger partial charge in [0.25, 0.3) is 0 Å². The number of para-hydroxylation sites is 1. The third kappa shape index (κ3) is 2.03. The molecule has 1 heterocycles. The number of fused-ring (bicyclic) bond motifs is 1. The molecule has 0 aliphatic heterocycles. The molecule has 4 nitrogen and oxygen atoms in total. The van der Waals surface area contributed by atoms with E-state index in [0.29, 0.717) is 0 Å². The number of rotatable bonds is 3. The maximum absolute atomic E-state index is 11.5. The number of aromatic nitrogens is 1. The van der Waals surface area contributed by atoms with Gasteiger partial charge in [-0.25, -0.2) is 4.79 Å². The summed E-state index contributed by atoms with van der Waals surface area (Å²) in [5.74, 6) is -0.631. The summed E-state index contributed by atoms with van der Waals surface area (Å²) < 4.78 is 6.34. The molecule has 1 aromatic heterocycles. The molecule has 1 unspecified atom stereocenters. The maximum Gasteiger partial charge on any atom is 0.356 e. The second-order valence-corrected chi connectivity index (χ2v) is 3.86. The van der Waals surface area contributed by atoms with Crippen molar-refractivity contribution in [1.29, 1.82) is 0 Å². The van der Waals surface area contributed by atoms with Crippen molar-refractivity contribution in [2.24, 2.45) is 0 Å². The molecule has 1 N–H and O–H groups in total. The molecule has 0 fully saturated rings. The molecule has 2 aromatic rings. The smallest absolute Gasteiger partial charge is 0.356 e. The van der Waals surface area contributed by atoms with Gasteiger partial charge in [0.2, 0.25) is 6.23 Å². The Morgan fingerprint density at radius 2 is 2.18 bits per heavy atom. The number of carbonyl (C=O) groups is 1. The zero-order valence-corrected chi connectivity index (χ0v) is 9.88. The monoisotopic (exact) mass is 233 g/mol. The molecule has 0 spiro atoms. The van der Waals surface area contributed by atoms with Gasteiger partial charge in [-0.1, -0.05) is 18.2 Å². The molecule has 0 radical (unpaired) electrons. The molecule has 1 aromatic carbocycles. The van der Waals surface area contributed by atoms with Gasteiger partial charge in [-0.3, -0.25) is 0 Å². The topological polar surface area (TPSA) is 51.5 Å². The van der Waals surface area contributed by atoms with Crippen molar-refractivity contribution in [3.63, 3.8) is 0 Å². The summed E-state index contributed by atoms with van der Waals surface area (Å²) in [7, 11) is 0. The predicted molar refractivity (Wildman–Crippen MR) is 64.6 cm³/mol. The fourth-order valence-electron chi connectivity index (χ4n) is 1.91. The lowest BCUT2D eigenvalue weighted by Crippen LogP contribution is -2.20. The van der Waals surface area contributed by atoms with Crippen LogP contribution in [0.1, 0.15) is 18.7 Å². The van der Waals surface area contributed by atoms with Crippen LogP contribution >= 0.6 is 0 Å². The molecule has 90 valence electrons. The van der Waals surface area contributed by atoms with Crippen LogP contribution in [-0.2, 0) is 9.53 Å². The maximum atomic E-state index is 11.5. The number of aliphatic hydroxyl groups is 1. The number of benzene rings is 1. The largest absolute Gasteiger partial charge is 0.463 e. The van der Waals surface area contributed by atoms with Gasteiger partial charge >= 0.3 is 5.97 Å². The Labute approximate surface area is 99.4 Å². The van der Waals surface area contributed by atoms with Crippen molar-refractivity contribution in [3.05, 3.63) is 36.0 Å². The summed E-state index contributed by atoms with van der Waals surface area (Å²) in [4.78, 5) is 11.5. The molecule has 0 saturated heterocycles. The van der Waals surface area contributed by atoms with Crippen molar-refractivity contribution < 1.29 is 14.6 Å². The van der Waals surface area contributed by atoms with E-state index in [9.17, 15) is 9.90 Å². The number of esters is 1. The highest BCUT2D eigenvalue weighted by atomic mass is 16.5. The van der Waals surface area contributed by atoms with E-state index in [2.05, 4.69) is 0 Å². The summed E-state index contributed by atoms with van der Waals surface area (Å²) in [5, 5.41) is 10.9. The Morgan fingerprint density at radius 3 is 2.88 bits per heavy atom. The summed E-state index contributed by atoms with van der Waals surface area (Å²) in [6.45, 7) is 3.91. The van der Waals surface area contributed by atoms with Gasteiger partial charge in [-0.15, -0.1) is 0 Å². The standard InChI is InChI=1S/C13H15NO3/c1-3-17-13(16)12(15)14-8-9(2)10-6-4-5-7-11(10)14/h4-8,12,15H,3H2,1-2H3. The van der Waals surface area contributed by atoms with Crippen molar-refractivity contribution in [2.75, 3.05) is 6.61 Å². The lowest BCUT2D eigenvalue weighted by Gasteiger charge is -2.12. The second-order valence-electron chi connectivity index (χ2n) is 3.86. The third-order valence-corrected chi connectivity index (χ3v) is 2.70. The minimum Gasteiger partial charge on any atom is -0.463 e. The van der Waals surface area contributed by atoms with Crippen molar-refractivity contribution in [1.82, 2.24) is 4.57 Å². The molecular formula is C13H15NO3. The summed E-state index contributed by atoms with van der Waals surface area (Å²) >= 11 is 0. The van der Waals surface area contributed by atoms with Crippen LogP contribution < -0.4 is 0 Å². The molecule has 0 aliphatic carbocycles. The molecule has 0 bridgehead atoms. The number of hydrogen-bond donors (Lipinski definition) is 1. The number of hydrogen-bond acceptors (Lipinski definition) is 3. The molecule has 4 heteroatoms. The highest BCUT2D eigenvalue weighted by Gasteiger charge is 2.20. The average Bonchev–Trinajstić information content (AvgIpc) is 2.67. The van der Waals surface area contributed by atoms with E-state index in [1.165, 1.54) is 4.57 Å². The highest BCUT2D eigenvalue weighted by molar-refractivity contribution is 5.85. The summed E-state index contributed by atoms with van der Waals surface area (Å²) in [6, 6.07) is 7.62. The molecule has 2 rings (SSSR count). The minimum absolute atomic E-state index is 0.258. The molecule has 17 heavy (non-hydrogen) atoms. The van der Waals surface area contributed by atoms with Crippen molar-refractivity contribution >= 4 is 16.9 Å². The van der Waals surface area contributed by atoms with Crippen LogP contribution in [0.25, 0.3) is 10.9 Å². The summed E-state index contributed by atoms with van der Waals surface area (Å²) in [5.41, 5.74) is 1.84. The summed E-state index contributed by atoms with van der Waals surface area (Å²) in [6.07, 6.45) is 0.472. The zero-order valence-electron chi connectivity index (χ0n) is 9.88. The fraction of sp³-hybridized carbons (Fsp3) is 0.308. The Balaban J connectivity index is 2.45. The van der Waals surface area contributed by atoms with Gasteiger partial charge in [0, 0.05) is 11.6 Å². The number of nitrogens with zero attached hydrogens (tertiary/aromatic N) is 1. The lowest BCUT2D eigenvalue weighted by atomic mass is 10.2. The van der Waals surface area contributed by atoms with Gasteiger partial charge < -0.3 is 14.4 Å². The normalized spacial score (nSPS) is 12.6. The first kappa shape index (κ1) is 11.7. The quantitative estimate of drug-likeness (QED) is 0.825. The van der Waals surface area contributed by atoms with E-state index in [4.69, 9.17) is 4.74 Å². The van der Waals surface area contributed by atoms with Crippen molar-refractivity contribution in [3.8, 4) is 0 Å². The van der Waals surface area contributed by atoms with Crippen LogP contribution in [0.5, 0.6) is 0 Å². The van der Waals surface area contributed by atoms with Crippen LogP contribution in [0.15, 0.2) is 30.5 Å². The predicted octanol–water partition coefficient (Wildman–Crippen LogP) is 2.00. The Hall–Kier alpha value is -1.81. The number of aliphatic hydroxyl groups excluding tert-OH is 1. The van der Waals surface area contributed by atoms with E-state index < -0.39 is 12.2 Å². The van der Waals surface area contributed by atoms with Crippen LogP contribution in [0.2, 0.25) is 0 Å². The first-order valence-electron chi connectivity index (χ1n) is 5.56. The minimum atomic E-state index is -1.28. The Bertz CT molecular complexity index is 545. The third-order valence-electron chi connectivity index (χ3n) is 2.70. The average molecular weight is 233 g/mol. The van der Waals surface area contributed by atoms with E-state index in [1.807, 2.05) is 31.2 Å². The van der Waals surface area contributed by atoms with E-state index >= 15 is 0 Å². The molecular weight excluding hydrogens is 218 g/mol. The highest BCUT2D eigenvalue weighted by Crippen LogP contribution is 2.23. The van der Waals surface area contributed by atoms with Crippen LogP contribution in [0, 0.1) is 6.92 Å². The van der Waals surface area contributed by atoms with Gasteiger partial charge in [0.1, 0.15) is 0 Å². The SMILES string of the molecule is CCOC(=O)C(O)n1cc(C)c2ccccc21.